The Hall–Kier alpha value is -2.91. The van der Waals surface area contributed by atoms with Gasteiger partial charge in [-0.3, -0.25) is 19.3 Å². The minimum Gasteiger partial charge on any atom is -0.378 e. The van der Waals surface area contributed by atoms with E-state index in [9.17, 15) is 18.8 Å². The highest BCUT2D eigenvalue weighted by Gasteiger charge is 2.69. The van der Waals surface area contributed by atoms with Gasteiger partial charge in [0.25, 0.3) is 0 Å². The molecule has 1 N–H and O–H groups in total. The van der Waals surface area contributed by atoms with Crippen LogP contribution in [-0.2, 0) is 9.59 Å². The fraction of sp³-hybridized carbons (Fsp3) is 0.370. The van der Waals surface area contributed by atoms with Crippen LogP contribution in [0.5, 0.6) is 0 Å². The summed E-state index contributed by atoms with van der Waals surface area (Å²) in [5.41, 5.74) is 2.68. The van der Waals surface area contributed by atoms with E-state index in [4.69, 9.17) is 0 Å². The lowest BCUT2D eigenvalue weighted by molar-refractivity contribution is -0.123. The monoisotopic (exact) mass is 521 g/mol. The van der Waals surface area contributed by atoms with Crippen molar-refractivity contribution in [2.45, 2.75) is 22.6 Å². The van der Waals surface area contributed by atoms with Crippen molar-refractivity contribution < 1.29 is 14.0 Å². The second-order valence-corrected chi connectivity index (χ2v) is 12.6. The highest BCUT2D eigenvalue weighted by Crippen LogP contribution is 2.68. The molecule has 2 saturated carbocycles. The largest absolute Gasteiger partial charge is 0.378 e. The standard InChI is InChI=1S/C27H24FN3O3S2/c1-30(2)14-7-3-12(4-8-14)18-19-16-11-17(22(19)35-24-23(18)36-27(34)29-24)21-20(16)25(32)31(26(21)33)15-9-5-13(28)6-10-15/h3-10,16-22H,11H2,1-2H3,(H,29,34)/t16-,17+,18+,19+,20+,21-,22-/m1/s1. The van der Waals surface area contributed by atoms with Crippen LogP contribution in [0.15, 0.2) is 58.4 Å². The molecule has 0 radical (unpaired) electrons. The molecule has 2 aromatic carbocycles. The fourth-order valence-electron chi connectivity index (χ4n) is 7.21. The maximum absolute atomic E-state index is 13.7. The topological polar surface area (TPSA) is 73.5 Å². The van der Waals surface area contributed by atoms with Gasteiger partial charge in [-0.2, -0.15) is 0 Å². The number of benzene rings is 2. The average molecular weight is 522 g/mol. The van der Waals surface area contributed by atoms with Gasteiger partial charge >= 0.3 is 4.87 Å². The molecule has 36 heavy (non-hydrogen) atoms. The van der Waals surface area contributed by atoms with Crippen molar-refractivity contribution in [2.24, 2.45) is 29.6 Å². The quantitative estimate of drug-likeness (QED) is 0.520. The minimum absolute atomic E-state index is 0.00476. The Kier molecular flexibility index (Phi) is 4.83. The van der Waals surface area contributed by atoms with Crippen LogP contribution in [0, 0.1) is 35.4 Å². The Morgan fingerprint density at radius 3 is 2.28 bits per heavy atom. The molecule has 2 amide bonds. The number of carbonyl (C=O) groups excluding carboxylic acids is 2. The van der Waals surface area contributed by atoms with E-state index in [1.165, 1.54) is 40.5 Å². The van der Waals surface area contributed by atoms with E-state index < -0.39 is 5.82 Å². The first-order valence-electron chi connectivity index (χ1n) is 12.1. The molecule has 2 bridgehead atoms. The number of aromatic nitrogens is 1. The smallest absolute Gasteiger partial charge is 0.305 e. The van der Waals surface area contributed by atoms with Crippen LogP contribution in [0.1, 0.15) is 22.8 Å². The van der Waals surface area contributed by atoms with Crippen LogP contribution in [-0.4, -0.2) is 36.1 Å². The first kappa shape index (κ1) is 22.3. The zero-order valence-corrected chi connectivity index (χ0v) is 21.3. The third-order valence-electron chi connectivity index (χ3n) is 8.58. The number of carbonyl (C=O) groups is 2. The molecule has 1 saturated heterocycles. The van der Waals surface area contributed by atoms with Crippen LogP contribution in [0.4, 0.5) is 15.8 Å². The van der Waals surface area contributed by atoms with E-state index in [2.05, 4.69) is 34.1 Å². The first-order chi connectivity index (χ1) is 17.3. The normalized spacial score (nSPS) is 32.0. The number of hydrogen-bond acceptors (Lipinski definition) is 6. The van der Waals surface area contributed by atoms with E-state index in [0.29, 0.717) is 5.69 Å². The Morgan fingerprint density at radius 1 is 0.944 bits per heavy atom. The summed E-state index contributed by atoms with van der Waals surface area (Å²) in [5.74, 6) is -1.16. The molecule has 1 aromatic heterocycles. The highest BCUT2D eigenvalue weighted by molar-refractivity contribution is 8.00. The molecule has 3 fully saturated rings. The molecule has 2 aliphatic heterocycles. The zero-order valence-electron chi connectivity index (χ0n) is 19.7. The summed E-state index contributed by atoms with van der Waals surface area (Å²) >= 11 is 2.95. The van der Waals surface area contributed by atoms with Crippen LogP contribution in [0.2, 0.25) is 0 Å². The van der Waals surface area contributed by atoms with Crippen molar-refractivity contribution in [3.63, 3.8) is 0 Å². The lowest BCUT2D eigenvalue weighted by atomic mass is 9.68. The molecule has 184 valence electrons. The molecule has 2 aliphatic carbocycles. The summed E-state index contributed by atoms with van der Waals surface area (Å²) < 4.78 is 13.5. The summed E-state index contributed by atoms with van der Waals surface area (Å²) in [7, 11) is 4.01. The van der Waals surface area contributed by atoms with Gasteiger partial charge in [-0.1, -0.05) is 23.5 Å². The molecule has 9 heteroatoms. The van der Waals surface area contributed by atoms with E-state index >= 15 is 0 Å². The van der Waals surface area contributed by atoms with Gasteiger partial charge in [0.15, 0.2) is 0 Å². The van der Waals surface area contributed by atoms with Crippen LogP contribution < -0.4 is 14.7 Å². The lowest BCUT2D eigenvalue weighted by Crippen LogP contribution is -2.42. The Labute approximate surface area is 215 Å². The summed E-state index contributed by atoms with van der Waals surface area (Å²) in [4.78, 5) is 47.1. The molecule has 3 aromatic rings. The SMILES string of the molecule is CN(C)c1ccc([C@@H]2c3sc(=O)[nH]c3S[C@@H]3[C@H]4C[C@@H]([C@@H]5C(=O)N(c6ccc(F)cc6)C(=O)[C@H]45)[C@@H]23)cc1. The number of thiazole rings is 1. The van der Waals surface area contributed by atoms with Gasteiger partial charge in [0, 0.05) is 35.8 Å². The van der Waals surface area contributed by atoms with Crippen molar-refractivity contribution in [1.29, 1.82) is 0 Å². The Balaban J connectivity index is 1.31. The number of imide groups is 1. The summed E-state index contributed by atoms with van der Waals surface area (Å²) in [5, 5.41) is 1.06. The number of nitrogens with zero attached hydrogens (tertiary/aromatic N) is 2. The van der Waals surface area contributed by atoms with Gasteiger partial charge in [-0.15, -0.1) is 11.8 Å². The van der Waals surface area contributed by atoms with Crippen LogP contribution in [0.25, 0.3) is 0 Å². The van der Waals surface area contributed by atoms with Gasteiger partial charge in [-0.05, 0) is 66.1 Å². The molecule has 3 heterocycles. The number of hydrogen-bond donors (Lipinski definition) is 1. The molecule has 0 unspecified atom stereocenters. The summed E-state index contributed by atoms with van der Waals surface area (Å²) in [6, 6.07) is 14.1. The molecule has 7 rings (SSSR count). The van der Waals surface area contributed by atoms with Crippen LogP contribution >= 0.6 is 23.1 Å². The summed E-state index contributed by atoms with van der Waals surface area (Å²) in [6.45, 7) is 0. The van der Waals surface area contributed by atoms with Gasteiger partial charge in [-0.25, -0.2) is 4.39 Å². The molecular weight excluding hydrogens is 497 g/mol. The zero-order chi connectivity index (χ0) is 24.9. The Morgan fingerprint density at radius 2 is 1.61 bits per heavy atom. The van der Waals surface area contributed by atoms with Crippen molar-refractivity contribution in [1.82, 2.24) is 4.98 Å². The minimum atomic E-state index is -0.399. The number of halogens is 1. The molecule has 7 atom stereocenters. The highest BCUT2D eigenvalue weighted by atomic mass is 32.2. The van der Waals surface area contributed by atoms with Crippen molar-refractivity contribution in [3.8, 4) is 0 Å². The Bertz CT molecular complexity index is 1450. The number of anilines is 2. The number of H-pyrrole nitrogens is 1. The van der Waals surface area contributed by atoms with Gasteiger partial charge in [0.1, 0.15) is 5.82 Å². The summed E-state index contributed by atoms with van der Waals surface area (Å²) in [6.07, 6.45) is 0.845. The van der Waals surface area contributed by atoms with Gasteiger partial charge < -0.3 is 9.88 Å². The first-order valence-corrected chi connectivity index (χ1v) is 13.8. The maximum atomic E-state index is 13.7. The van der Waals surface area contributed by atoms with E-state index in [-0.39, 0.29) is 57.4 Å². The van der Waals surface area contributed by atoms with E-state index in [1.807, 2.05) is 14.1 Å². The lowest BCUT2D eigenvalue weighted by Gasteiger charge is -2.43. The molecular formula is C27H24FN3O3S2. The van der Waals surface area contributed by atoms with Crippen molar-refractivity contribution in [2.75, 3.05) is 23.9 Å². The fourth-order valence-corrected chi connectivity index (χ4v) is 10.1. The number of nitrogens with one attached hydrogen (secondary N) is 1. The number of amides is 2. The van der Waals surface area contributed by atoms with E-state index in [0.717, 1.165) is 27.6 Å². The van der Waals surface area contributed by atoms with E-state index in [1.54, 1.807) is 11.8 Å². The van der Waals surface area contributed by atoms with Crippen molar-refractivity contribution >= 4 is 46.3 Å². The third-order valence-corrected chi connectivity index (χ3v) is 11.2. The second-order valence-electron chi connectivity index (χ2n) is 10.4. The molecule has 6 nitrogen and oxygen atoms in total. The van der Waals surface area contributed by atoms with Crippen molar-refractivity contribution in [3.05, 3.63) is 74.5 Å². The predicted octanol–water partition coefficient (Wildman–Crippen LogP) is 4.32. The van der Waals surface area contributed by atoms with Gasteiger partial charge in [0.2, 0.25) is 11.8 Å². The molecule has 4 aliphatic rings. The maximum Gasteiger partial charge on any atom is 0.305 e. The van der Waals surface area contributed by atoms with Gasteiger partial charge in [0.05, 0.1) is 22.5 Å². The second kappa shape index (κ2) is 7.79. The number of rotatable bonds is 3. The van der Waals surface area contributed by atoms with Crippen LogP contribution in [0.3, 0.4) is 0 Å². The molecule has 0 spiro atoms. The number of thioether (sulfide) groups is 1. The number of fused-ring (bicyclic) bond motifs is 9. The third kappa shape index (κ3) is 2.99. The average Bonchev–Trinajstić information content (AvgIpc) is 3.59. The predicted molar refractivity (Wildman–Crippen MR) is 138 cm³/mol. The number of aromatic amines is 1.